The Kier molecular flexibility index (Phi) is 8.30. The lowest BCUT2D eigenvalue weighted by atomic mass is 9.88. The van der Waals surface area contributed by atoms with E-state index in [1.807, 2.05) is 32.9 Å². The highest BCUT2D eigenvalue weighted by molar-refractivity contribution is 5.78. The van der Waals surface area contributed by atoms with Crippen LogP contribution in [-0.4, -0.2) is 54.0 Å². The van der Waals surface area contributed by atoms with Crippen molar-refractivity contribution in [2.45, 2.75) is 47.1 Å². The van der Waals surface area contributed by atoms with Gasteiger partial charge in [-0.15, -0.1) is 0 Å². The van der Waals surface area contributed by atoms with E-state index >= 15 is 0 Å². The third-order valence-corrected chi connectivity index (χ3v) is 6.22. The van der Waals surface area contributed by atoms with E-state index < -0.39 is 0 Å². The first-order chi connectivity index (χ1) is 15.3. The molecule has 2 heterocycles. The van der Waals surface area contributed by atoms with E-state index in [4.69, 9.17) is 9.72 Å². The van der Waals surface area contributed by atoms with Crippen LogP contribution in [0.1, 0.15) is 50.6 Å². The molecule has 1 aliphatic rings. The fraction of sp³-hybridized carbons (Fsp3) is 0.556. The number of methoxy groups -OCH3 is 1. The highest BCUT2D eigenvalue weighted by Gasteiger charge is 2.36. The number of hydrogen-bond donors (Lipinski definition) is 0. The second-order valence-corrected chi connectivity index (χ2v) is 9.90. The van der Waals surface area contributed by atoms with Crippen LogP contribution < -0.4 is 4.74 Å². The van der Waals surface area contributed by atoms with Gasteiger partial charge in [0.15, 0.2) is 0 Å². The third kappa shape index (κ3) is 6.32. The van der Waals surface area contributed by atoms with Crippen molar-refractivity contribution in [3.05, 3.63) is 59.4 Å². The van der Waals surface area contributed by atoms with Gasteiger partial charge in [0.05, 0.1) is 12.8 Å². The van der Waals surface area contributed by atoms with Crippen LogP contribution in [0.4, 0.5) is 0 Å². The molecule has 174 valence electrons. The molecule has 0 radical (unpaired) electrons. The van der Waals surface area contributed by atoms with E-state index in [-0.39, 0.29) is 11.8 Å². The first kappa shape index (κ1) is 24.2. The molecule has 5 heteroatoms. The largest absolute Gasteiger partial charge is 0.497 e. The van der Waals surface area contributed by atoms with E-state index in [9.17, 15) is 4.79 Å². The average Bonchev–Trinajstić information content (AvgIpc) is 3.14. The van der Waals surface area contributed by atoms with Crippen LogP contribution in [0.5, 0.6) is 5.75 Å². The molecule has 1 saturated heterocycles. The first-order valence-corrected chi connectivity index (χ1v) is 11.8. The fourth-order valence-electron chi connectivity index (χ4n) is 4.78. The number of rotatable bonds is 9. The van der Waals surface area contributed by atoms with Crippen LogP contribution >= 0.6 is 0 Å². The maximum Gasteiger partial charge on any atom is 0.225 e. The van der Waals surface area contributed by atoms with Crippen molar-refractivity contribution >= 4 is 5.91 Å². The molecule has 0 aliphatic carbocycles. The first-order valence-electron chi connectivity index (χ1n) is 11.8. The summed E-state index contributed by atoms with van der Waals surface area (Å²) in [6.07, 6.45) is 0. The minimum atomic E-state index is 0.0121. The SMILES string of the molecule is COc1cccc(C2CN(Cc3cccc(C)n3)CC2CN(CC(C)C)C(=O)C(C)C)c1. The zero-order chi connectivity index (χ0) is 23.3. The Bertz CT molecular complexity index is 896. The Balaban J connectivity index is 1.85. The second kappa shape index (κ2) is 11.0. The molecule has 1 aromatic heterocycles. The molecule has 2 atom stereocenters. The molecule has 0 saturated carbocycles. The Labute approximate surface area is 193 Å². The van der Waals surface area contributed by atoms with Gasteiger partial charge in [-0.05, 0) is 48.6 Å². The van der Waals surface area contributed by atoms with Gasteiger partial charge in [-0.2, -0.15) is 0 Å². The van der Waals surface area contributed by atoms with Crippen molar-refractivity contribution < 1.29 is 9.53 Å². The molecule has 1 fully saturated rings. The zero-order valence-electron chi connectivity index (χ0n) is 20.5. The molecular formula is C27H39N3O2. The Morgan fingerprint density at radius 3 is 2.56 bits per heavy atom. The maximum absolute atomic E-state index is 13.0. The van der Waals surface area contributed by atoms with Crippen molar-refractivity contribution in [1.82, 2.24) is 14.8 Å². The summed E-state index contributed by atoms with van der Waals surface area (Å²) in [6, 6.07) is 14.6. The molecule has 32 heavy (non-hydrogen) atoms. The Morgan fingerprint density at radius 2 is 1.91 bits per heavy atom. The van der Waals surface area contributed by atoms with Crippen molar-refractivity contribution in [1.29, 1.82) is 0 Å². The van der Waals surface area contributed by atoms with Crippen LogP contribution in [0.3, 0.4) is 0 Å². The highest BCUT2D eigenvalue weighted by atomic mass is 16.5. The van der Waals surface area contributed by atoms with E-state index in [1.54, 1.807) is 7.11 Å². The van der Waals surface area contributed by atoms with Crippen LogP contribution in [0.15, 0.2) is 42.5 Å². The fourth-order valence-corrected chi connectivity index (χ4v) is 4.78. The number of aryl methyl sites for hydroxylation is 1. The Morgan fingerprint density at radius 1 is 1.16 bits per heavy atom. The third-order valence-electron chi connectivity index (χ3n) is 6.22. The number of ether oxygens (including phenoxy) is 1. The van der Waals surface area contributed by atoms with Crippen molar-refractivity contribution in [3.8, 4) is 5.75 Å². The summed E-state index contributed by atoms with van der Waals surface area (Å²) in [4.78, 5) is 22.3. The summed E-state index contributed by atoms with van der Waals surface area (Å²) in [5.74, 6) is 2.32. The van der Waals surface area contributed by atoms with Crippen LogP contribution in [0.25, 0.3) is 0 Å². The van der Waals surface area contributed by atoms with Crippen molar-refractivity contribution in [3.63, 3.8) is 0 Å². The number of benzene rings is 1. The van der Waals surface area contributed by atoms with Crippen LogP contribution in [-0.2, 0) is 11.3 Å². The van der Waals surface area contributed by atoms with Gasteiger partial charge in [0.25, 0.3) is 0 Å². The number of likely N-dealkylation sites (tertiary alicyclic amines) is 1. The predicted molar refractivity (Wildman–Crippen MR) is 130 cm³/mol. The standard InChI is InChI=1S/C27H39N3O2/c1-19(2)14-30(27(31)20(3)4)16-23-15-29(17-24-11-7-9-21(5)28-24)18-26(23)22-10-8-12-25(13-22)32-6/h7-13,19-20,23,26H,14-18H2,1-6H3. The summed E-state index contributed by atoms with van der Waals surface area (Å²) in [5, 5.41) is 0. The molecule has 0 N–H and O–H groups in total. The molecular weight excluding hydrogens is 398 g/mol. The molecule has 3 rings (SSSR count). The number of hydrogen-bond acceptors (Lipinski definition) is 4. The molecule has 1 aliphatic heterocycles. The lowest BCUT2D eigenvalue weighted by Crippen LogP contribution is -2.41. The van der Waals surface area contributed by atoms with Crippen LogP contribution in [0, 0.1) is 24.7 Å². The summed E-state index contributed by atoms with van der Waals surface area (Å²) < 4.78 is 5.50. The predicted octanol–water partition coefficient (Wildman–Crippen LogP) is 4.75. The number of pyridine rings is 1. The highest BCUT2D eigenvalue weighted by Crippen LogP contribution is 2.35. The molecule has 0 bridgehead atoms. The van der Waals surface area contributed by atoms with E-state index in [0.29, 0.717) is 17.8 Å². The van der Waals surface area contributed by atoms with Gasteiger partial charge in [-0.3, -0.25) is 14.7 Å². The topological polar surface area (TPSA) is 45.7 Å². The van der Waals surface area contributed by atoms with Gasteiger partial charge in [-0.25, -0.2) is 0 Å². The van der Waals surface area contributed by atoms with Gasteiger partial charge in [0, 0.05) is 50.3 Å². The van der Waals surface area contributed by atoms with Gasteiger partial charge in [-0.1, -0.05) is 45.9 Å². The summed E-state index contributed by atoms with van der Waals surface area (Å²) >= 11 is 0. The summed E-state index contributed by atoms with van der Waals surface area (Å²) in [6.45, 7) is 14.7. The van der Waals surface area contributed by atoms with Gasteiger partial charge >= 0.3 is 0 Å². The van der Waals surface area contributed by atoms with E-state index in [0.717, 1.165) is 49.9 Å². The lowest BCUT2D eigenvalue weighted by molar-refractivity contribution is -0.135. The minimum Gasteiger partial charge on any atom is -0.497 e. The minimum absolute atomic E-state index is 0.0121. The molecule has 2 aromatic rings. The van der Waals surface area contributed by atoms with E-state index in [1.165, 1.54) is 5.56 Å². The molecule has 0 spiro atoms. The second-order valence-electron chi connectivity index (χ2n) is 9.90. The van der Waals surface area contributed by atoms with Crippen molar-refractivity contribution in [2.75, 3.05) is 33.3 Å². The number of carbonyl (C=O) groups is 1. The summed E-state index contributed by atoms with van der Waals surface area (Å²) in [5.41, 5.74) is 3.44. The van der Waals surface area contributed by atoms with Gasteiger partial charge in [0.2, 0.25) is 5.91 Å². The molecule has 5 nitrogen and oxygen atoms in total. The van der Waals surface area contributed by atoms with E-state index in [2.05, 4.69) is 54.0 Å². The number of aromatic nitrogens is 1. The quantitative estimate of drug-likeness (QED) is 0.568. The molecule has 1 aromatic carbocycles. The molecule has 1 amide bonds. The lowest BCUT2D eigenvalue weighted by Gasteiger charge is -2.31. The Hall–Kier alpha value is -2.40. The van der Waals surface area contributed by atoms with Gasteiger partial charge in [0.1, 0.15) is 5.75 Å². The average molecular weight is 438 g/mol. The van der Waals surface area contributed by atoms with Gasteiger partial charge < -0.3 is 9.64 Å². The summed E-state index contributed by atoms with van der Waals surface area (Å²) in [7, 11) is 1.71. The molecule has 2 unspecified atom stereocenters. The van der Waals surface area contributed by atoms with Crippen molar-refractivity contribution in [2.24, 2.45) is 17.8 Å². The number of amides is 1. The maximum atomic E-state index is 13.0. The van der Waals surface area contributed by atoms with Crippen LogP contribution in [0.2, 0.25) is 0 Å². The zero-order valence-corrected chi connectivity index (χ0v) is 20.5. The normalized spacial score (nSPS) is 19.0. The number of carbonyl (C=O) groups excluding carboxylic acids is 1. The number of nitrogens with zero attached hydrogens (tertiary/aromatic N) is 3. The smallest absolute Gasteiger partial charge is 0.225 e. The monoisotopic (exact) mass is 437 g/mol.